The van der Waals surface area contributed by atoms with Gasteiger partial charge in [0.2, 0.25) is 0 Å². The van der Waals surface area contributed by atoms with Gasteiger partial charge in [0.25, 0.3) is 5.91 Å². The van der Waals surface area contributed by atoms with Gasteiger partial charge in [0, 0.05) is 6.08 Å². The first-order chi connectivity index (χ1) is 11.4. The number of halogens is 4. The quantitative estimate of drug-likeness (QED) is 0.292. The van der Waals surface area contributed by atoms with Gasteiger partial charge in [0.05, 0.1) is 19.5 Å². The van der Waals surface area contributed by atoms with Crippen LogP contribution in [0, 0.1) is 0 Å². The molecule has 2 aromatic carbocycles. The summed E-state index contributed by atoms with van der Waals surface area (Å²) in [6.45, 7) is 0.278. The van der Waals surface area contributed by atoms with Crippen LogP contribution in [0.1, 0.15) is 11.1 Å². The lowest BCUT2D eigenvalue weighted by Gasteiger charge is -2.11. The highest BCUT2D eigenvalue weighted by molar-refractivity contribution is 9.10. The number of hydrogen-bond donors (Lipinski definition) is 2. The molecule has 0 radical (unpaired) electrons. The molecule has 0 heterocycles. The third-order valence-electron chi connectivity index (χ3n) is 2.96. The van der Waals surface area contributed by atoms with E-state index in [4.69, 9.17) is 45.4 Å². The minimum atomic E-state index is -0.415. The molecule has 2 rings (SSSR count). The van der Waals surface area contributed by atoms with Crippen molar-refractivity contribution in [3.63, 3.8) is 0 Å². The van der Waals surface area contributed by atoms with E-state index in [-0.39, 0.29) is 6.61 Å². The molecule has 1 amide bonds. The van der Waals surface area contributed by atoms with E-state index in [1.54, 1.807) is 30.3 Å². The van der Waals surface area contributed by atoms with E-state index in [1.807, 2.05) is 11.5 Å². The van der Waals surface area contributed by atoms with Crippen molar-refractivity contribution in [2.45, 2.75) is 6.61 Å². The van der Waals surface area contributed by atoms with Gasteiger partial charge in [-0.25, -0.2) is 5.84 Å². The molecule has 126 valence electrons. The van der Waals surface area contributed by atoms with E-state index < -0.39 is 5.91 Å². The molecular formula is C16H12BrCl3N2O2. The first kappa shape index (κ1) is 19.1. The molecule has 0 bridgehead atoms. The van der Waals surface area contributed by atoms with Crippen LogP contribution in [0.3, 0.4) is 0 Å². The fourth-order valence-corrected chi connectivity index (χ4v) is 3.13. The van der Waals surface area contributed by atoms with Crippen LogP contribution in [-0.4, -0.2) is 5.91 Å². The maximum absolute atomic E-state index is 11.1. The zero-order chi connectivity index (χ0) is 17.7. The third kappa shape index (κ3) is 5.13. The maximum atomic E-state index is 11.1. The van der Waals surface area contributed by atoms with Crippen LogP contribution in [0.25, 0.3) is 6.08 Å². The fraction of sp³-hybridized carbons (Fsp3) is 0.0625. The lowest BCUT2D eigenvalue weighted by molar-refractivity contribution is -0.116. The van der Waals surface area contributed by atoms with E-state index in [1.165, 1.54) is 6.08 Å². The van der Waals surface area contributed by atoms with Crippen LogP contribution < -0.4 is 16.0 Å². The zero-order valence-corrected chi connectivity index (χ0v) is 16.0. The third-order valence-corrected chi connectivity index (χ3v) is 4.57. The van der Waals surface area contributed by atoms with Crippen molar-refractivity contribution in [3.05, 3.63) is 67.1 Å². The standard InChI is InChI=1S/C16H12BrCl3N2O2/c17-11-5-9(2-4-15(23)22-21)6-14(20)16(11)24-8-10-1-3-12(18)13(19)7-10/h1-7H,8,21H2,(H,22,23)/b4-2+. The van der Waals surface area contributed by atoms with Crippen molar-refractivity contribution in [2.75, 3.05) is 0 Å². The summed E-state index contributed by atoms with van der Waals surface area (Å²) in [5.41, 5.74) is 3.58. The van der Waals surface area contributed by atoms with Crippen molar-refractivity contribution >= 4 is 62.7 Å². The second-order valence-electron chi connectivity index (χ2n) is 4.69. The number of amides is 1. The first-order valence-corrected chi connectivity index (χ1v) is 8.58. The van der Waals surface area contributed by atoms with E-state index in [2.05, 4.69) is 15.9 Å². The molecule has 0 spiro atoms. The average molecular weight is 451 g/mol. The molecule has 0 aliphatic heterocycles. The molecule has 0 fully saturated rings. The molecule has 24 heavy (non-hydrogen) atoms. The first-order valence-electron chi connectivity index (χ1n) is 6.65. The molecule has 4 nitrogen and oxygen atoms in total. The summed E-state index contributed by atoms with van der Waals surface area (Å²) in [5.74, 6) is 5.09. The molecular weight excluding hydrogens is 438 g/mol. The maximum Gasteiger partial charge on any atom is 0.257 e. The van der Waals surface area contributed by atoms with Gasteiger partial charge in [-0.05, 0) is 57.4 Å². The number of benzene rings is 2. The van der Waals surface area contributed by atoms with Crippen LogP contribution in [-0.2, 0) is 11.4 Å². The number of nitrogens with two attached hydrogens (primary N) is 1. The Morgan fingerprint density at radius 1 is 1.17 bits per heavy atom. The molecule has 0 aliphatic carbocycles. The lowest BCUT2D eigenvalue weighted by Crippen LogP contribution is -2.27. The van der Waals surface area contributed by atoms with E-state index in [9.17, 15) is 4.79 Å². The number of carbonyl (C=O) groups is 1. The summed E-state index contributed by atoms with van der Waals surface area (Å²) >= 11 is 21.5. The van der Waals surface area contributed by atoms with Crippen molar-refractivity contribution in [1.82, 2.24) is 5.43 Å². The molecule has 0 atom stereocenters. The minimum absolute atomic E-state index is 0.278. The highest BCUT2D eigenvalue weighted by Crippen LogP contribution is 2.35. The van der Waals surface area contributed by atoms with Crippen LogP contribution in [0.4, 0.5) is 0 Å². The predicted molar refractivity (Wildman–Crippen MR) is 101 cm³/mol. The number of nitrogens with one attached hydrogen (secondary N) is 1. The summed E-state index contributed by atoms with van der Waals surface area (Å²) in [7, 11) is 0. The number of hydrogen-bond acceptors (Lipinski definition) is 3. The molecule has 0 aliphatic rings. The SMILES string of the molecule is NNC(=O)/C=C/c1cc(Cl)c(OCc2ccc(Cl)c(Cl)c2)c(Br)c1. The minimum Gasteiger partial charge on any atom is -0.486 e. The van der Waals surface area contributed by atoms with Gasteiger partial charge in [-0.1, -0.05) is 40.9 Å². The van der Waals surface area contributed by atoms with Crippen molar-refractivity contribution < 1.29 is 9.53 Å². The molecule has 0 unspecified atom stereocenters. The Labute approximate surface area is 162 Å². The number of ether oxygens (including phenoxy) is 1. The zero-order valence-electron chi connectivity index (χ0n) is 12.2. The number of hydrazine groups is 1. The second-order valence-corrected chi connectivity index (χ2v) is 6.77. The summed E-state index contributed by atoms with van der Waals surface area (Å²) in [6.07, 6.45) is 2.88. The van der Waals surface area contributed by atoms with Crippen LogP contribution in [0.15, 0.2) is 40.9 Å². The van der Waals surface area contributed by atoms with Gasteiger partial charge in [0.15, 0.2) is 5.75 Å². The van der Waals surface area contributed by atoms with Gasteiger partial charge in [0.1, 0.15) is 6.61 Å². The Morgan fingerprint density at radius 3 is 2.54 bits per heavy atom. The smallest absolute Gasteiger partial charge is 0.257 e. The van der Waals surface area contributed by atoms with Crippen LogP contribution in [0.2, 0.25) is 15.1 Å². The fourth-order valence-electron chi connectivity index (χ4n) is 1.82. The number of carbonyl (C=O) groups excluding carboxylic acids is 1. The highest BCUT2D eigenvalue weighted by atomic mass is 79.9. The average Bonchev–Trinajstić information content (AvgIpc) is 2.55. The Bertz CT molecular complexity index is 774. The topological polar surface area (TPSA) is 64.3 Å². The Kier molecular flexibility index (Phi) is 6.95. The van der Waals surface area contributed by atoms with Gasteiger partial charge in [-0.3, -0.25) is 10.2 Å². The number of rotatable bonds is 5. The summed E-state index contributed by atoms with van der Waals surface area (Å²) < 4.78 is 6.40. The molecule has 3 N–H and O–H groups in total. The summed E-state index contributed by atoms with van der Waals surface area (Å²) in [4.78, 5) is 11.1. The van der Waals surface area contributed by atoms with Gasteiger partial charge >= 0.3 is 0 Å². The van der Waals surface area contributed by atoms with Gasteiger partial charge in [-0.2, -0.15) is 0 Å². The lowest BCUT2D eigenvalue weighted by atomic mass is 10.2. The monoisotopic (exact) mass is 448 g/mol. The van der Waals surface area contributed by atoms with E-state index in [0.29, 0.717) is 25.3 Å². The van der Waals surface area contributed by atoms with Crippen molar-refractivity contribution in [3.8, 4) is 5.75 Å². The van der Waals surface area contributed by atoms with E-state index >= 15 is 0 Å². The van der Waals surface area contributed by atoms with E-state index in [0.717, 1.165) is 11.1 Å². The second kappa shape index (κ2) is 8.74. The summed E-state index contributed by atoms with van der Waals surface area (Å²) in [5, 5.41) is 1.34. The Morgan fingerprint density at radius 2 is 1.92 bits per heavy atom. The molecule has 0 aromatic heterocycles. The van der Waals surface area contributed by atoms with Crippen LogP contribution >= 0.6 is 50.7 Å². The normalized spacial score (nSPS) is 10.9. The van der Waals surface area contributed by atoms with Gasteiger partial charge < -0.3 is 4.74 Å². The van der Waals surface area contributed by atoms with Crippen molar-refractivity contribution in [2.24, 2.45) is 5.84 Å². The summed E-state index contributed by atoms with van der Waals surface area (Å²) in [6, 6.07) is 8.70. The Balaban J connectivity index is 2.14. The molecule has 0 saturated heterocycles. The predicted octanol–water partition coefficient (Wildman–Crippen LogP) is 4.99. The van der Waals surface area contributed by atoms with Crippen LogP contribution in [0.5, 0.6) is 5.75 Å². The molecule has 0 saturated carbocycles. The highest BCUT2D eigenvalue weighted by Gasteiger charge is 2.10. The molecule has 2 aromatic rings. The Hall–Kier alpha value is -1.24. The van der Waals surface area contributed by atoms with Gasteiger partial charge in [-0.15, -0.1) is 0 Å². The van der Waals surface area contributed by atoms with Crippen molar-refractivity contribution in [1.29, 1.82) is 0 Å². The molecule has 8 heteroatoms. The largest absolute Gasteiger partial charge is 0.486 e.